The van der Waals surface area contributed by atoms with Crippen molar-refractivity contribution in [3.63, 3.8) is 0 Å². The van der Waals surface area contributed by atoms with Crippen LogP contribution in [0.25, 0.3) is 11.0 Å². The fraction of sp³-hybridized carbons (Fsp3) is 0. The first kappa shape index (κ1) is 18.8. The molecule has 146 valence electrons. The van der Waals surface area contributed by atoms with Crippen molar-refractivity contribution in [3.8, 4) is 0 Å². The van der Waals surface area contributed by atoms with E-state index in [0.29, 0.717) is 21.6 Å². The molecule has 0 spiro atoms. The molecule has 4 aromatic rings. The molecule has 29 heavy (non-hydrogen) atoms. The predicted octanol–water partition coefficient (Wildman–Crippen LogP) is 4.45. The first-order valence-corrected chi connectivity index (χ1v) is 9.76. The monoisotopic (exact) mass is 409 g/mol. The van der Waals surface area contributed by atoms with Crippen molar-refractivity contribution in [1.82, 2.24) is 9.97 Å². The molecule has 1 aromatic heterocycles. The zero-order valence-electron chi connectivity index (χ0n) is 15.0. The van der Waals surface area contributed by atoms with Crippen LogP contribution < -0.4 is 15.5 Å². The number of anilines is 4. The zero-order valence-corrected chi connectivity index (χ0v) is 15.8. The Bertz CT molecular complexity index is 1190. The van der Waals surface area contributed by atoms with E-state index in [4.69, 9.17) is 5.21 Å². The molecule has 1 unspecified atom stereocenters. The molecule has 0 saturated carbocycles. The van der Waals surface area contributed by atoms with Gasteiger partial charge in [-0.25, -0.2) is 18.6 Å². The van der Waals surface area contributed by atoms with E-state index in [1.807, 2.05) is 17.6 Å². The number of hydrogen-bond donors (Lipinski definition) is 4. The Labute approximate surface area is 168 Å². The van der Waals surface area contributed by atoms with Gasteiger partial charge in [-0.1, -0.05) is 24.3 Å². The molecule has 1 heterocycles. The van der Waals surface area contributed by atoms with E-state index in [1.54, 1.807) is 54.6 Å². The lowest BCUT2D eigenvalue weighted by atomic mass is 10.3. The van der Waals surface area contributed by atoms with Crippen molar-refractivity contribution in [2.45, 2.75) is 4.90 Å². The third-order valence-corrected chi connectivity index (χ3v) is 5.16. The van der Waals surface area contributed by atoms with Crippen molar-refractivity contribution < 1.29 is 13.8 Å². The number of nitrogens with zero attached hydrogens (tertiary/aromatic N) is 2. The fourth-order valence-electron chi connectivity index (χ4n) is 2.65. The Morgan fingerprint density at radius 3 is 2.10 bits per heavy atom. The average molecular weight is 409 g/mol. The van der Waals surface area contributed by atoms with Gasteiger partial charge in [-0.15, -0.1) is 0 Å². The second-order valence-electron chi connectivity index (χ2n) is 6.02. The van der Waals surface area contributed by atoms with Crippen LogP contribution in [-0.4, -0.2) is 19.4 Å². The number of nitrogens with one attached hydrogen (secondary N) is 3. The van der Waals surface area contributed by atoms with Crippen LogP contribution in [0.4, 0.5) is 27.4 Å². The van der Waals surface area contributed by atoms with E-state index in [2.05, 4.69) is 20.0 Å². The van der Waals surface area contributed by atoms with Crippen LogP contribution in [-0.2, 0) is 11.0 Å². The molecule has 0 radical (unpaired) electrons. The Kier molecular flexibility index (Phi) is 5.32. The summed E-state index contributed by atoms with van der Waals surface area (Å²) in [6.45, 7) is 0. The maximum atomic E-state index is 14.1. The van der Waals surface area contributed by atoms with Gasteiger partial charge in [0.05, 0.1) is 27.3 Å². The van der Waals surface area contributed by atoms with Gasteiger partial charge in [0.1, 0.15) is 5.82 Å². The molecule has 4 rings (SSSR count). The quantitative estimate of drug-likeness (QED) is 0.351. The zero-order chi connectivity index (χ0) is 20.2. The highest BCUT2D eigenvalue weighted by molar-refractivity contribution is 7.86. The minimum Gasteiger partial charge on any atom is -0.335 e. The minimum absolute atomic E-state index is 0.217. The first-order valence-electron chi connectivity index (χ1n) is 8.61. The van der Waals surface area contributed by atoms with Crippen LogP contribution in [0.2, 0.25) is 0 Å². The largest absolute Gasteiger partial charge is 0.335 e. The second kappa shape index (κ2) is 8.21. The third kappa shape index (κ3) is 4.15. The summed E-state index contributed by atoms with van der Waals surface area (Å²) >= 11 is 0. The van der Waals surface area contributed by atoms with E-state index < -0.39 is 16.8 Å². The molecule has 3 aromatic carbocycles. The van der Waals surface area contributed by atoms with E-state index in [0.717, 1.165) is 0 Å². The van der Waals surface area contributed by atoms with Crippen LogP contribution in [0.3, 0.4) is 0 Å². The van der Waals surface area contributed by atoms with E-state index >= 15 is 0 Å². The highest BCUT2D eigenvalue weighted by atomic mass is 32.2. The molecular formula is C20H16FN5O2S. The predicted molar refractivity (Wildman–Crippen MR) is 111 cm³/mol. The number of hydrogen-bond acceptors (Lipinski definition) is 6. The maximum Gasteiger partial charge on any atom is 0.182 e. The standard InChI is InChI=1S/C20H16FN5O2S/c21-15-5-1-2-6-16(15)22-19-20(24-18-8-4-3-7-17(18)23-19)26-29(28)14-11-9-13(25-27)10-12-14/h1-12,25,27H,(H,22,23)(H,24,26). The summed E-state index contributed by atoms with van der Waals surface area (Å²) in [5.41, 5.74) is 3.93. The summed E-state index contributed by atoms with van der Waals surface area (Å²) in [5.74, 6) is 0.0204. The molecule has 0 aliphatic rings. The number of aromatic nitrogens is 2. The number of benzene rings is 3. The van der Waals surface area contributed by atoms with Crippen LogP contribution in [0.15, 0.2) is 77.7 Å². The normalized spacial score (nSPS) is 11.8. The Morgan fingerprint density at radius 1 is 0.828 bits per heavy atom. The van der Waals surface area contributed by atoms with Gasteiger partial charge in [-0.2, -0.15) is 0 Å². The molecule has 0 aliphatic heterocycles. The number of rotatable bonds is 6. The lowest BCUT2D eigenvalue weighted by Gasteiger charge is -2.13. The smallest absolute Gasteiger partial charge is 0.182 e. The molecule has 0 saturated heterocycles. The molecule has 0 amide bonds. The molecule has 7 nitrogen and oxygen atoms in total. The van der Waals surface area contributed by atoms with E-state index in [-0.39, 0.29) is 17.3 Å². The molecule has 4 N–H and O–H groups in total. The van der Waals surface area contributed by atoms with Gasteiger partial charge >= 0.3 is 0 Å². The van der Waals surface area contributed by atoms with Crippen LogP contribution in [0, 0.1) is 5.82 Å². The Morgan fingerprint density at radius 2 is 1.45 bits per heavy atom. The summed E-state index contributed by atoms with van der Waals surface area (Å²) in [4.78, 5) is 9.47. The molecular weight excluding hydrogens is 393 g/mol. The van der Waals surface area contributed by atoms with Crippen molar-refractivity contribution in [1.29, 1.82) is 0 Å². The number of fused-ring (bicyclic) bond motifs is 1. The van der Waals surface area contributed by atoms with Crippen LogP contribution >= 0.6 is 0 Å². The summed E-state index contributed by atoms with van der Waals surface area (Å²) in [6.07, 6.45) is 0. The summed E-state index contributed by atoms with van der Waals surface area (Å²) in [7, 11) is -1.66. The highest BCUT2D eigenvalue weighted by Gasteiger charge is 2.14. The van der Waals surface area contributed by atoms with Gasteiger partial charge in [0.15, 0.2) is 22.6 Å². The molecule has 9 heteroatoms. The van der Waals surface area contributed by atoms with Gasteiger partial charge < -0.3 is 5.32 Å². The van der Waals surface area contributed by atoms with E-state index in [9.17, 15) is 8.60 Å². The lowest BCUT2D eigenvalue weighted by molar-refractivity contribution is 0.389. The third-order valence-electron chi connectivity index (χ3n) is 4.08. The van der Waals surface area contributed by atoms with Gasteiger partial charge in [0, 0.05) is 0 Å². The second-order valence-corrected chi connectivity index (χ2v) is 7.23. The lowest BCUT2D eigenvalue weighted by Crippen LogP contribution is -2.10. The molecule has 0 aliphatic carbocycles. The van der Waals surface area contributed by atoms with Crippen molar-refractivity contribution >= 4 is 45.0 Å². The van der Waals surface area contributed by atoms with Gasteiger partial charge in [0.25, 0.3) is 0 Å². The summed E-state index contributed by atoms with van der Waals surface area (Å²) in [6, 6.07) is 19.8. The SMILES string of the molecule is O=S(Nc1nc2ccccc2nc1Nc1ccccc1F)c1ccc(NO)cc1. The van der Waals surface area contributed by atoms with Gasteiger partial charge in [-0.3, -0.25) is 15.4 Å². The van der Waals surface area contributed by atoms with Crippen molar-refractivity contribution in [2.75, 3.05) is 15.5 Å². The van der Waals surface area contributed by atoms with Gasteiger partial charge in [0.2, 0.25) is 0 Å². The maximum absolute atomic E-state index is 14.1. The van der Waals surface area contributed by atoms with E-state index in [1.165, 1.54) is 6.07 Å². The molecule has 1 atom stereocenters. The minimum atomic E-state index is -1.66. The topological polar surface area (TPSA) is 99.2 Å². The summed E-state index contributed by atoms with van der Waals surface area (Å²) in [5, 5.41) is 11.8. The molecule has 0 fully saturated rings. The first-order chi connectivity index (χ1) is 14.1. The number of para-hydroxylation sites is 3. The van der Waals surface area contributed by atoms with Crippen LogP contribution in [0.5, 0.6) is 0 Å². The highest BCUT2D eigenvalue weighted by Crippen LogP contribution is 2.27. The van der Waals surface area contributed by atoms with Crippen molar-refractivity contribution in [2.24, 2.45) is 0 Å². The number of halogens is 1. The Balaban J connectivity index is 1.71. The average Bonchev–Trinajstić information content (AvgIpc) is 2.75. The van der Waals surface area contributed by atoms with Gasteiger partial charge in [-0.05, 0) is 48.5 Å². The van der Waals surface area contributed by atoms with Crippen molar-refractivity contribution in [3.05, 3.63) is 78.6 Å². The Hall–Kier alpha value is -3.56. The van der Waals surface area contributed by atoms with Crippen LogP contribution in [0.1, 0.15) is 0 Å². The fourth-order valence-corrected chi connectivity index (χ4v) is 3.47. The summed E-state index contributed by atoms with van der Waals surface area (Å²) < 4.78 is 29.7. The molecule has 0 bridgehead atoms.